The van der Waals surface area contributed by atoms with Crippen molar-refractivity contribution in [2.45, 2.75) is 25.4 Å². The quantitative estimate of drug-likeness (QED) is 0.842. The van der Waals surface area contributed by atoms with Crippen molar-refractivity contribution in [2.75, 3.05) is 18.6 Å². The second-order valence-electron chi connectivity index (χ2n) is 6.66. The van der Waals surface area contributed by atoms with Gasteiger partial charge in [-0.3, -0.25) is 9.59 Å². The Morgan fingerprint density at radius 3 is 2.54 bits per heavy atom. The van der Waals surface area contributed by atoms with Gasteiger partial charge in [-0.2, -0.15) is 0 Å². The number of sulfone groups is 1. The molecule has 24 heavy (non-hydrogen) atoms. The minimum Gasteiger partial charge on any atom is -0.352 e. The van der Waals surface area contributed by atoms with E-state index >= 15 is 0 Å². The fourth-order valence-corrected chi connectivity index (χ4v) is 4.97. The van der Waals surface area contributed by atoms with Crippen molar-refractivity contribution in [3.05, 3.63) is 35.9 Å². The summed E-state index contributed by atoms with van der Waals surface area (Å²) in [4.78, 5) is 26.1. The largest absolute Gasteiger partial charge is 0.352 e. The lowest BCUT2D eigenvalue weighted by Gasteiger charge is -2.23. The number of carbonyl (C=O) groups excluding carboxylic acids is 2. The summed E-state index contributed by atoms with van der Waals surface area (Å²) in [5.41, 5.74) is 1.02. The van der Waals surface area contributed by atoms with Gasteiger partial charge in [-0.05, 0) is 18.4 Å². The monoisotopic (exact) mass is 350 g/mol. The molecule has 1 saturated carbocycles. The predicted molar refractivity (Wildman–Crippen MR) is 89.7 cm³/mol. The fraction of sp³-hybridized carbons (Fsp3) is 0.529. The van der Waals surface area contributed by atoms with Crippen LogP contribution in [0, 0.1) is 11.8 Å². The van der Waals surface area contributed by atoms with Crippen LogP contribution >= 0.6 is 0 Å². The number of rotatable bonds is 5. The number of carbonyl (C=O) groups is 2. The first-order chi connectivity index (χ1) is 11.4. The SMILES string of the molecule is CN(C(=O)C1CC1C(=O)NCc1ccccc1)C1CCS(=O)(=O)C1. The third kappa shape index (κ3) is 3.77. The minimum absolute atomic E-state index is 0.0346. The summed E-state index contributed by atoms with van der Waals surface area (Å²) in [5, 5.41) is 2.86. The van der Waals surface area contributed by atoms with Crippen LogP contribution in [-0.4, -0.2) is 49.7 Å². The Labute approximate surface area is 142 Å². The molecule has 0 radical (unpaired) electrons. The summed E-state index contributed by atoms with van der Waals surface area (Å²) < 4.78 is 23.1. The molecule has 0 aromatic heterocycles. The van der Waals surface area contributed by atoms with Gasteiger partial charge in [0.15, 0.2) is 9.84 Å². The highest BCUT2D eigenvalue weighted by Crippen LogP contribution is 2.40. The Hall–Kier alpha value is -1.89. The van der Waals surface area contributed by atoms with E-state index in [1.165, 1.54) is 4.90 Å². The zero-order chi connectivity index (χ0) is 17.3. The van der Waals surface area contributed by atoms with Crippen LogP contribution < -0.4 is 5.32 Å². The molecule has 1 aromatic carbocycles. The van der Waals surface area contributed by atoms with Crippen LogP contribution in [0.4, 0.5) is 0 Å². The maximum absolute atomic E-state index is 12.4. The lowest BCUT2D eigenvalue weighted by atomic mass is 10.2. The molecule has 1 N–H and O–H groups in total. The maximum Gasteiger partial charge on any atom is 0.226 e. The Balaban J connectivity index is 1.49. The molecule has 1 saturated heterocycles. The number of nitrogens with zero attached hydrogens (tertiary/aromatic N) is 1. The summed E-state index contributed by atoms with van der Waals surface area (Å²) in [7, 11) is -1.38. The van der Waals surface area contributed by atoms with E-state index in [4.69, 9.17) is 0 Å². The summed E-state index contributed by atoms with van der Waals surface area (Å²) in [6.07, 6.45) is 1.03. The molecule has 7 heteroatoms. The van der Waals surface area contributed by atoms with Gasteiger partial charge in [-0.25, -0.2) is 8.42 Å². The molecule has 0 bridgehead atoms. The Bertz CT molecular complexity index is 732. The Kier molecular flexibility index (Phi) is 4.62. The minimum atomic E-state index is -3.02. The zero-order valence-electron chi connectivity index (χ0n) is 13.6. The third-order valence-electron chi connectivity index (χ3n) is 4.86. The average Bonchev–Trinajstić information content (AvgIpc) is 3.29. The van der Waals surface area contributed by atoms with Crippen molar-refractivity contribution in [1.29, 1.82) is 0 Å². The maximum atomic E-state index is 12.4. The number of hydrogen-bond acceptors (Lipinski definition) is 4. The molecular formula is C17H22N2O4S. The van der Waals surface area contributed by atoms with Crippen LogP contribution in [0.25, 0.3) is 0 Å². The van der Waals surface area contributed by atoms with Crippen LogP contribution in [0.1, 0.15) is 18.4 Å². The van der Waals surface area contributed by atoms with E-state index in [-0.39, 0.29) is 41.2 Å². The standard InChI is InChI=1S/C17H22N2O4S/c1-19(13-7-8-24(22,23)11-13)17(21)15-9-14(15)16(20)18-10-12-5-3-2-4-6-12/h2-6,13-15H,7-11H2,1H3,(H,18,20). The highest BCUT2D eigenvalue weighted by molar-refractivity contribution is 7.91. The molecule has 1 aromatic rings. The van der Waals surface area contributed by atoms with E-state index in [0.717, 1.165) is 5.56 Å². The number of hydrogen-bond donors (Lipinski definition) is 1. The van der Waals surface area contributed by atoms with Crippen molar-refractivity contribution >= 4 is 21.7 Å². The van der Waals surface area contributed by atoms with Gasteiger partial charge in [0.2, 0.25) is 11.8 Å². The van der Waals surface area contributed by atoms with Crippen LogP contribution in [-0.2, 0) is 26.0 Å². The van der Waals surface area contributed by atoms with Crippen molar-refractivity contribution in [1.82, 2.24) is 10.2 Å². The first-order valence-corrected chi connectivity index (χ1v) is 9.98. The third-order valence-corrected chi connectivity index (χ3v) is 6.61. The van der Waals surface area contributed by atoms with Crippen LogP contribution in [0.3, 0.4) is 0 Å². The number of benzene rings is 1. The summed E-state index contributed by atoms with van der Waals surface area (Å²) in [6.45, 7) is 0.452. The van der Waals surface area contributed by atoms with E-state index in [2.05, 4.69) is 5.32 Å². The van der Waals surface area contributed by atoms with Crippen molar-refractivity contribution in [3.63, 3.8) is 0 Å². The van der Waals surface area contributed by atoms with Crippen LogP contribution in [0.15, 0.2) is 30.3 Å². The van der Waals surface area contributed by atoms with Crippen molar-refractivity contribution < 1.29 is 18.0 Å². The number of amides is 2. The highest BCUT2D eigenvalue weighted by Gasteiger charge is 2.50. The summed E-state index contributed by atoms with van der Waals surface area (Å²) in [6, 6.07) is 9.36. The molecule has 1 aliphatic heterocycles. The molecular weight excluding hydrogens is 328 g/mol. The van der Waals surface area contributed by atoms with Gasteiger partial charge in [-0.15, -0.1) is 0 Å². The zero-order valence-corrected chi connectivity index (χ0v) is 14.5. The topological polar surface area (TPSA) is 83.6 Å². The normalized spacial score (nSPS) is 27.5. The van der Waals surface area contributed by atoms with Gasteiger partial charge < -0.3 is 10.2 Å². The molecule has 6 nitrogen and oxygen atoms in total. The van der Waals surface area contributed by atoms with Gasteiger partial charge in [0.25, 0.3) is 0 Å². The van der Waals surface area contributed by atoms with E-state index in [9.17, 15) is 18.0 Å². The average molecular weight is 350 g/mol. The molecule has 3 unspecified atom stereocenters. The predicted octanol–water partition coefficient (Wildman–Crippen LogP) is 0.584. The molecule has 1 aliphatic carbocycles. The first kappa shape index (κ1) is 17.0. The van der Waals surface area contributed by atoms with Gasteiger partial charge in [-0.1, -0.05) is 30.3 Å². The fourth-order valence-electron chi connectivity index (χ4n) is 3.20. The van der Waals surface area contributed by atoms with Gasteiger partial charge >= 0.3 is 0 Å². The van der Waals surface area contributed by atoms with E-state index in [1.807, 2.05) is 30.3 Å². The highest BCUT2D eigenvalue weighted by atomic mass is 32.2. The summed E-state index contributed by atoms with van der Waals surface area (Å²) in [5.74, 6) is -0.648. The molecule has 130 valence electrons. The number of nitrogens with one attached hydrogen (secondary N) is 1. The Morgan fingerprint density at radius 2 is 1.92 bits per heavy atom. The van der Waals surface area contributed by atoms with Crippen molar-refractivity contribution in [2.24, 2.45) is 11.8 Å². The molecule has 2 aliphatic rings. The first-order valence-electron chi connectivity index (χ1n) is 8.16. The molecule has 3 rings (SSSR count). The molecule has 0 spiro atoms. The lowest BCUT2D eigenvalue weighted by molar-refractivity contribution is -0.135. The van der Waals surface area contributed by atoms with Gasteiger partial charge in [0.05, 0.1) is 23.3 Å². The molecule has 2 fully saturated rings. The van der Waals surface area contributed by atoms with E-state index in [1.54, 1.807) is 7.05 Å². The molecule has 3 atom stereocenters. The van der Waals surface area contributed by atoms with E-state index < -0.39 is 9.84 Å². The second-order valence-corrected chi connectivity index (χ2v) is 8.89. The Morgan fingerprint density at radius 1 is 1.21 bits per heavy atom. The van der Waals surface area contributed by atoms with E-state index in [0.29, 0.717) is 19.4 Å². The van der Waals surface area contributed by atoms with Gasteiger partial charge in [0, 0.05) is 19.6 Å². The second kappa shape index (κ2) is 6.55. The van der Waals surface area contributed by atoms with Crippen molar-refractivity contribution in [3.8, 4) is 0 Å². The molecule has 1 heterocycles. The summed E-state index contributed by atoms with van der Waals surface area (Å²) >= 11 is 0. The van der Waals surface area contributed by atoms with Gasteiger partial charge in [0.1, 0.15) is 0 Å². The van der Waals surface area contributed by atoms with Crippen LogP contribution in [0.5, 0.6) is 0 Å². The smallest absolute Gasteiger partial charge is 0.226 e. The lowest BCUT2D eigenvalue weighted by Crippen LogP contribution is -2.39. The molecule has 2 amide bonds. The van der Waals surface area contributed by atoms with Crippen LogP contribution in [0.2, 0.25) is 0 Å².